The zero-order valence-electron chi connectivity index (χ0n) is 21.8. The number of phenols is 1. The number of nitrogens with zero attached hydrogens (tertiary/aromatic N) is 2. The van der Waals surface area contributed by atoms with Crippen LogP contribution >= 0.6 is 27.7 Å². The number of carbonyl (C=O) groups excluding carboxylic acids is 1. The second kappa shape index (κ2) is 14.3. The number of aromatic hydroxyl groups is 1. The summed E-state index contributed by atoms with van der Waals surface area (Å²) in [5.41, 5.74) is 3.02. The number of esters is 1. The fourth-order valence-electron chi connectivity index (χ4n) is 3.68. The molecule has 0 fully saturated rings. The van der Waals surface area contributed by atoms with Gasteiger partial charge in [0, 0.05) is 40.9 Å². The Kier molecular flexibility index (Phi) is 11.8. The zero-order chi connectivity index (χ0) is 29.4. The molecule has 0 saturated carbocycles. The van der Waals surface area contributed by atoms with E-state index in [9.17, 15) is 19.5 Å². The fourth-order valence-corrected chi connectivity index (χ4v) is 5.13. The molecule has 2 unspecified atom stereocenters. The lowest BCUT2D eigenvalue weighted by molar-refractivity contribution is -0.165. The van der Waals surface area contributed by atoms with E-state index in [0.717, 1.165) is 21.5 Å². The van der Waals surface area contributed by atoms with Crippen molar-refractivity contribution in [1.82, 2.24) is 9.47 Å². The average molecular weight is 628 g/mol. The molecule has 0 aliphatic carbocycles. The first-order valence-corrected chi connectivity index (χ1v) is 13.4. The Balaban J connectivity index is 0.000000455. The van der Waals surface area contributed by atoms with Crippen molar-refractivity contribution < 1.29 is 44.7 Å². The molecule has 2 atom stereocenters. The molecule has 0 aliphatic rings. The molecule has 0 amide bonds. The van der Waals surface area contributed by atoms with Gasteiger partial charge in [0.2, 0.25) is 0 Å². The number of fused-ring (bicyclic) bond motifs is 1. The van der Waals surface area contributed by atoms with E-state index < -0.39 is 24.1 Å². The molecular formula is C26H31BrN2O9S. The maximum absolute atomic E-state index is 13.0. The van der Waals surface area contributed by atoms with E-state index in [-0.39, 0.29) is 11.7 Å². The van der Waals surface area contributed by atoms with E-state index in [2.05, 4.69) is 28.1 Å². The van der Waals surface area contributed by atoms with Gasteiger partial charge in [0.15, 0.2) is 12.2 Å². The van der Waals surface area contributed by atoms with Crippen LogP contribution in [-0.2, 0) is 33.7 Å². The molecule has 1 aromatic heterocycles. The highest BCUT2D eigenvalue weighted by Crippen LogP contribution is 2.41. The number of carboxylic acids is 2. The largest absolute Gasteiger partial charge is 0.506 e. The molecule has 0 spiro atoms. The zero-order valence-corrected chi connectivity index (χ0v) is 24.2. The normalized spacial score (nSPS) is 12.5. The van der Waals surface area contributed by atoms with Crippen LogP contribution in [0.4, 0.5) is 0 Å². The van der Waals surface area contributed by atoms with Crippen molar-refractivity contribution in [2.24, 2.45) is 7.05 Å². The third kappa shape index (κ3) is 7.96. The van der Waals surface area contributed by atoms with Crippen molar-refractivity contribution in [2.45, 2.75) is 36.3 Å². The van der Waals surface area contributed by atoms with Crippen molar-refractivity contribution >= 4 is 56.5 Å². The van der Waals surface area contributed by atoms with Gasteiger partial charge in [-0.05, 0) is 55.1 Å². The van der Waals surface area contributed by atoms with E-state index in [1.165, 1.54) is 0 Å². The van der Waals surface area contributed by atoms with Crippen LogP contribution in [0.3, 0.4) is 0 Å². The van der Waals surface area contributed by atoms with Crippen LogP contribution < -0.4 is 0 Å². The number of halogens is 1. The second-order valence-corrected chi connectivity index (χ2v) is 10.5. The highest BCUT2D eigenvalue weighted by Gasteiger charge is 2.29. The Morgan fingerprint density at radius 2 is 1.64 bits per heavy atom. The van der Waals surface area contributed by atoms with E-state index in [4.69, 9.17) is 25.2 Å². The summed E-state index contributed by atoms with van der Waals surface area (Å²) in [6.45, 7) is 2.60. The maximum atomic E-state index is 13.0. The number of hydrogen-bond acceptors (Lipinski definition) is 9. The minimum Gasteiger partial charge on any atom is -0.506 e. The molecule has 3 rings (SSSR count). The summed E-state index contributed by atoms with van der Waals surface area (Å²) in [7, 11) is 5.82. The lowest BCUT2D eigenvalue weighted by Crippen LogP contribution is -2.39. The molecule has 13 heteroatoms. The number of aryl methyl sites for hydroxylation is 1. The Morgan fingerprint density at radius 3 is 2.13 bits per heavy atom. The number of carbonyl (C=O) groups is 3. The maximum Gasteiger partial charge on any atom is 0.340 e. The highest BCUT2D eigenvalue weighted by atomic mass is 79.9. The van der Waals surface area contributed by atoms with Gasteiger partial charge in [-0.15, -0.1) is 11.8 Å². The van der Waals surface area contributed by atoms with Crippen LogP contribution in [0.1, 0.15) is 28.5 Å². The number of aliphatic carboxylic acids is 2. The molecule has 0 aliphatic heterocycles. The van der Waals surface area contributed by atoms with Gasteiger partial charge in [0.25, 0.3) is 0 Å². The minimum absolute atomic E-state index is 0.157. The van der Waals surface area contributed by atoms with E-state index in [1.54, 1.807) is 18.7 Å². The molecule has 1 heterocycles. The van der Waals surface area contributed by atoms with Gasteiger partial charge in [0.05, 0.1) is 22.2 Å². The molecule has 0 saturated heterocycles. The minimum atomic E-state index is -2.27. The van der Waals surface area contributed by atoms with Crippen LogP contribution in [0.25, 0.3) is 10.9 Å². The number of carboxylic acid groups (broad SMARTS) is 2. The predicted octanol–water partition coefficient (Wildman–Crippen LogP) is 3.05. The van der Waals surface area contributed by atoms with Crippen molar-refractivity contribution in [2.75, 3.05) is 20.7 Å². The lowest BCUT2D eigenvalue weighted by atomic mass is 10.0. The number of hydrogen-bond donors (Lipinski definition) is 5. The van der Waals surface area contributed by atoms with Gasteiger partial charge >= 0.3 is 17.9 Å². The second-order valence-electron chi connectivity index (χ2n) is 8.59. The monoisotopic (exact) mass is 626 g/mol. The van der Waals surface area contributed by atoms with Gasteiger partial charge in [-0.1, -0.05) is 18.2 Å². The number of thioether (sulfide) groups is 1. The summed E-state index contributed by atoms with van der Waals surface area (Å²) in [5, 5.41) is 44.0. The number of phenolic OH excluding ortho intramolecular Hbond substituents is 1. The van der Waals surface area contributed by atoms with Crippen molar-refractivity contribution in [3.8, 4) is 5.75 Å². The molecule has 3 aromatic rings. The Hall–Kier alpha value is -3.10. The Bertz CT molecular complexity index is 1310. The summed E-state index contributed by atoms with van der Waals surface area (Å²) in [4.78, 5) is 35.6. The first-order chi connectivity index (χ1) is 18.3. The fraction of sp³-hybridized carbons (Fsp3) is 0.346. The van der Waals surface area contributed by atoms with E-state index in [0.29, 0.717) is 34.5 Å². The standard InChI is InChI=1S/C22H25BrN2O3S.C4H6O6/c1-5-28-22(27)20-18(13-29-14-9-7-6-8-10-14)25(4)17-11-16(23)21(26)15(19(17)20)12-24(2)3;5-1(3(7)8)2(6)4(9)10/h6-11,26H,5,12-13H2,1-4H3;1-2,5-6H,(H,7,8)(H,9,10). The summed E-state index contributed by atoms with van der Waals surface area (Å²) < 4.78 is 8.04. The van der Waals surface area contributed by atoms with Crippen LogP contribution in [0.15, 0.2) is 45.8 Å². The molecule has 0 bridgehead atoms. The molecule has 2 aromatic carbocycles. The van der Waals surface area contributed by atoms with Gasteiger partial charge in [-0.25, -0.2) is 14.4 Å². The predicted molar refractivity (Wildman–Crippen MR) is 149 cm³/mol. The quantitative estimate of drug-likeness (QED) is 0.165. The summed E-state index contributed by atoms with van der Waals surface area (Å²) in [5.74, 6) is -3.12. The number of aliphatic hydroxyl groups is 2. The van der Waals surface area contributed by atoms with Gasteiger partial charge in [0.1, 0.15) is 5.75 Å². The van der Waals surface area contributed by atoms with Crippen molar-refractivity contribution in [1.29, 1.82) is 0 Å². The van der Waals surface area contributed by atoms with Crippen LogP contribution in [0.2, 0.25) is 0 Å². The van der Waals surface area contributed by atoms with Gasteiger partial charge in [-0.3, -0.25) is 0 Å². The molecule has 39 heavy (non-hydrogen) atoms. The van der Waals surface area contributed by atoms with Crippen molar-refractivity contribution in [3.05, 3.63) is 57.7 Å². The van der Waals surface area contributed by atoms with Gasteiger partial charge in [-0.2, -0.15) is 0 Å². The summed E-state index contributed by atoms with van der Waals surface area (Å²) in [6, 6.07) is 12.0. The van der Waals surface area contributed by atoms with Crippen LogP contribution in [0.5, 0.6) is 5.75 Å². The van der Waals surface area contributed by atoms with Crippen molar-refractivity contribution in [3.63, 3.8) is 0 Å². The van der Waals surface area contributed by atoms with Crippen LogP contribution in [0, 0.1) is 0 Å². The topological polar surface area (TPSA) is 170 Å². The van der Waals surface area contributed by atoms with Gasteiger partial charge < -0.3 is 39.7 Å². The SMILES string of the molecule is CCOC(=O)c1c(CSc2ccccc2)n(C)c2cc(Br)c(O)c(CN(C)C)c12.O=C(O)C(O)C(O)C(=O)O. The molecule has 5 N–H and O–H groups in total. The number of ether oxygens (including phenoxy) is 1. The number of rotatable bonds is 10. The average Bonchev–Trinajstić information content (AvgIpc) is 3.16. The van der Waals surface area contributed by atoms with E-state index >= 15 is 0 Å². The first-order valence-electron chi connectivity index (χ1n) is 11.6. The smallest absolute Gasteiger partial charge is 0.340 e. The Morgan fingerprint density at radius 1 is 1.08 bits per heavy atom. The number of benzene rings is 2. The highest BCUT2D eigenvalue weighted by molar-refractivity contribution is 9.10. The Labute approximate surface area is 237 Å². The first kappa shape index (κ1) is 32.1. The third-order valence-electron chi connectivity index (χ3n) is 5.52. The molecule has 11 nitrogen and oxygen atoms in total. The van der Waals surface area contributed by atoms with E-state index in [1.807, 2.05) is 54.9 Å². The summed E-state index contributed by atoms with van der Waals surface area (Å²) >= 11 is 5.13. The molecule has 212 valence electrons. The molecule has 0 radical (unpaired) electrons. The lowest BCUT2D eigenvalue weighted by Gasteiger charge is -2.15. The summed E-state index contributed by atoms with van der Waals surface area (Å²) in [6.07, 6.45) is -4.53. The number of aliphatic hydroxyl groups excluding tert-OH is 2. The third-order valence-corrected chi connectivity index (χ3v) is 7.14. The van der Waals surface area contributed by atoms with Crippen LogP contribution in [-0.4, -0.2) is 85.8 Å². The number of aromatic nitrogens is 1. The molecular weight excluding hydrogens is 596 g/mol.